The first-order valence-corrected chi connectivity index (χ1v) is 8.23. The van der Waals surface area contributed by atoms with Gasteiger partial charge in [0, 0.05) is 17.6 Å². The highest BCUT2D eigenvalue weighted by Crippen LogP contribution is 2.27. The molecule has 0 radical (unpaired) electrons. The molecular weight excluding hydrogens is 334 g/mol. The van der Waals surface area contributed by atoms with E-state index in [1.807, 2.05) is 0 Å². The second-order valence-corrected chi connectivity index (χ2v) is 6.50. The molecule has 5 heteroatoms. The highest BCUT2D eigenvalue weighted by molar-refractivity contribution is 9.10. The van der Waals surface area contributed by atoms with E-state index < -0.39 is 6.10 Å². The lowest BCUT2D eigenvalue weighted by Crippen LogP contribution is -2.27. The number of benzene rings is 1. The second-order valence-electron chi connectivity index (χ2n) is 5.65. The van der Waals surface area contributed by atoms with Crippen molar-refractivity contribution < 1.29 is 14.6 Å². The number of nitrogens with one attached hydrogen (secondary N) is 1. The molecule has 2 atom stereocenters. The molecule has 1 heterocycles. The Hall–Kier alpha value is -0.620. The number of aliphatic hydroxyl groups is 1. The van der Waals surface area contributed by atoms with Crippen molar-refractivity contribution in [1.29, 1.82) is 0 Å². The van der Waals surface area contributed by atoms with Gasteiger partial charge in [0.2, 0.25) is 0 Å². The average molecular weight is 358 g/mol. The first kappa shape index (κ1) is 16.7. The van der Waals surface area contributed by atoms with E-state index in [2.05, 4.69) is 47.2 Å². The SMILES string of the molecule is Cc1cc(C)c(NCC(O)COCC2CCCO2)c(Br)c1. The zero-order valence-electron chi connectivity index (χ0n) is 12.7. The molecular formula is C16H24BrNO3. The van der Waals surface area contributed by atoms with Gasteiger partial charge < -0.3 is 19.9 Å². The fourth-order valence-electron chi connectivity index (χ4n) is 2.53. The van der Waals surface area contributed by atoms with E-state index in [9.17, 15) is 5.11 Å². The Labute approximate surface area is 135 Å². The number of hydrogen-bond donors (Lipinski definition) is 2. The fourth-order valence-corrected chi connectivity index (χ4v) is 3.34. The van der Waals surface area contributed by atoms with Crippen LogP contribution in [0.25, 0.3) is 0 Å². The van der Waals surface area contributed by atoms with Gasteiger partial charge in [0.15, 0.2) is 0 Å². The van der Waals surface area contributed by atoms with Crippen LogP contribution >= 0.6 is 15.9 Å². The van der Waals surface area contributed by atoms with Gasteiger partial charge in [0.05, 0.1) is 31.1 Å². The van der Waals surface area contributed by atoms with Crippen molar-refractivity contribution in [3.05, 3.63) is 27.7 Å². The summed E-state index contributed by atoms with van der Waals surface area (Å²) in [6.45, 7) is 6.32. The molecule has 2 N–H and O–H groups in total. The summed E-state index contributed by atoms with van der Waals surface area (Å²) in [5, 5.41) is 13.3. The van der Waals surface area contributed by atoms with Crippen LogP contribution in [0.4, 0.5) is 5.69 Å². The molecule has 1 fully saturated rings. The molecule has 0 spiro atoms. The first-order valence-electron chi connectivity index (χ1n) is 7.44. The fraction of sp³-hybridized carbons (Fsp3) is 0.625. The molecule has 0 amide bonds. The number of halogens is 1. The van der Waals surface area contributed by atoms with Crippen molar-refractivity contribution in [3.63, 3.8) is 0 Å². The maximum Gasteiger partial charge on any atom is 0.0945 e. The summed E-state index contributed by atoms with van der Waals surface area (Å²) in [6.07, 6.45) is 1.85. The van der Waals surface area contributed by atoms with E-state index in [0.29, 0.717) is 19.8 Å². The summed E-state index contributed by atoms with van der Waals surface area (Å²) < 4.78 is 12.0. The van der Waals surface area contributed by atoms with Crippen LogP contribution in [0.1, 0.15) is 24.0 Å². The van der Waals surface area contributed by atoms with Crippen molar-refractivity contribution in [2.45, 2.75) is 38.9 Å². The van der Waals surface area contributed by atoms with Gasteiger partial charge in [-0.3, -0.25) is 0 Å². The van der Waals surface area contributed by atoms with Crippen LogP contribution in [0.15, 0.2) is 16.6 Å². The molecule has 21 heavy (non-hydrogen) atoms. The maximum absolute atomic E-state index is 9.98. The van der Waals surface area contributed by atoms with Crippen LogP contribution in [0.5, 0.6) is 0 Å². The summed E-state index contributed by atoms with van der Waals surface area (Å²) >= 11 is 3.55. The number of ether oxygens (including phenoxy) is 2. The van der Waals surface area contributed by atoms with Crippen molar-refractivity contribution in [3.8, 4) is 0 Å². The van der Waals surface area contributed by atoms with Crippen molar-refractivity contribution in [1.82, 2.24) is 0 Å². The third-order valence-electron chi connectivity index (χ3n) is 3.58. The largest absolute Gasteiger partial charge is 0.389 e. The topological polar surface area (TPSA) is 50.7 Å². The number of anilines is 1. The van der Waals surface area contributed by atoms with Crippen LogP contribution in [0.3, 0.4) is 0 Å². The van der Waals surface area contributed by atoms with Gasteiger partial charge in [-0.2, -0.15) is 0 Å². The molecule has 0 aliphatic carbocycles. The standard InChI is InChI=1S/C16H24BrNO3/c1-11-6-12(2)16(15(17)7-11)18-8-13(19)9-20-10-14-4-3-5-21-14/h6-7,13-14,18-19H,3-5,8-10H2,1-2H3. The quantitative estimate of drug-likeness (QED) is 0.787. The van der Waals surface area contributed by atoms with Gasteiger partial charge in [-0.1, -0.05) is 6.07 Å². The number of aryl methyl sites for hydroxylation is 2. The van der Waals surface area contributed by atoms with Gasteiger partial charge >= 0.3 is 0 Å². The van der Waals surface area contributed by atoms with E-state index in [1.54, 1.807) is 0 Å². The minimum absolute atomic E-state index is 0.207. The Morgan fingerprint density at radius 1 is 1.48 bits per heavy atom. The number of rotatable bonds is 7. The molecule has 1 saturated heterocycles. The minimum Gasteiger partial charge on any atom is -0.389 e. The molecule has 1 aliphatic rings. The average Bonchev–Trinajstić information content (AvgIpc) is 2.90. The maximum atomic E-state index is 9.98. The lowest BCUT2D eigenvalue weighted by atomic mass is 10.1. The molecule has 1 aromatic rings. The third-order valence-corrected chi connectivity index (χ3v) is 4.21. The molecule has 2 rings (SSSR count). The molecule has 118 valence electrons. The Kier molecular flexibility index (Phi) is 6.48. The summed E-state index contributed by atoms with van der Waals surface area (Å²) in [5.74, 6) is 0. The molecule has 1 aromatic carbocycles. The zero-order valence-corrected chi connectivity index (χ0v) is 14.3. The summed E-state index contributed by atoms with van der Waals surface area (Å²) in [4.78, 5) is 0. The van der Waals surface area contributed by atoms with Gasteiger partial charge in [-0.05, 0) is 59.8 Å². The van der Waals surface area contributed by atoms with E-state index in [0.717, 1.165) is 35.2 Å². The van der Waals surface area contributed by atoms with Gasteiger partial charge in [-0.15, -0.1) is 0 Å². The van der Waals surface area contributed by atoms with E-state index in [-0.39, 0.29) is 6.10 Å². The first-order chi connectivity index (χ1) is 10.1. The van der Waals surface area contributed by atoms with Gasteiger partial charge in [0.25, 0.3) is 0 Å². The zero-order chi connectivity index (χ0) is 15.2. The highest BCUT2D eigenvalue weighted by Gasteiger charge is 2.16. The smallest absolute Gasteiger partial charge is 0.0945 e. The number of hydrogen-bond acceptors (Lipinski definition) is 4. The van der Waals surface area contributed by atoms with Crippen LogP contribution in [-0.2, 0) is 9.47 Å². The Morgan fingerprint density at radius 2 is 2.29 bits per heavy atom. The summed E-state index contributed by atoms with van der Waals surface area (Å²) in [5.41, 5.74) is 3.40. The Balaban J connectivity index is 1.72. The van der Waals surface area contributed by atoms with E-state index in [1.165, 1.54) is 5.56 Å². The molecule has 1 aliphatic heterocycles. The lowest BCUT2D eigenvalue weighted by Gasteiger charge is -2.17. The predicted octanol–water partition coefficient (Wildman–Crippen LogP) is 3.03. The molecule has 2 unspecified atom stereocenters. The molecule has 0 aromatic heterocycles. The van der Waals surface area contributed by atoms with Crippen LogP contribution in [0.2, 0.25) is 0 Å². The minimum atomic E-state index is -0.529. The normalized spacial score (nSPS) is 19.7. The van der Waals surface area contributed by atoms with E-state index >= 15 is 0 Å². The predicted molar refractivity (Wildman–Crippen MR) is 87.9 cm³/mol. The van der Waals surface area contributed by atoms with E-state index in [4.69, 9.17) is 9.47 Å². The van der Waals surface area contributed by atoms with Crippen LogP contribution in [-0.4, -0.2) is 43.7 Å². The molecule has 0 bridgehead atoms. The summed E-state index contributed by atoms with van der Waals surface area (Å²) in [6, 6.07) is 4.18. The van der Waals surface area contributed by atoms with Crippen LogP contribution < -0.4 is 5.32 Å². The molecule has 0 saturated carbocycles. The van der Waals surface area contributed by atoms with Crippen LogP contribution in [0, 0.1) is 13.8 Å². The van der Waals surface area contributed by atoms with Crippen molar-refractivity contribution in [2.24, 2.45) is 0 Å². The van der Waals surface area contributed by atoms with Crippen molar-refractivity contribution in [2.75, 3.05) is 31.7 Å². The van der Waals surface area contributed by atoms with Gasteiger partial charge in [-0.25, -0.2) is 0 Å². The number of aliphatic hydroxyl groups excluding tert-OH is 1. The monoisotopic (exact) mass is 357 g/mol. The highest BCUT2D eigenvalue weighted by atomic mass is 79.9. The van der Waals surface area contributed by atoms with Crippen molar-refractivity contribution >= 4 is 21.6 Å². The lowest BCUT2D eigenvalue weighted by molar-refractivity contribution is -0.0137. The Bertz CT molecular complexity index is 438. The van der Waals surface area contributed by atoms with Gasteiger partial charge in [0.1, 0.15) is 0 Å². The summed E-state index contributed by atoms with van der Waals surface area (Å²) in [7, 11) is 0. The molecule has 4 nitrogen and oxygen atoms in total. The second kappa shape index (κ2) is 8.13. The Morgan fingerprint density at radius 3 is 2.95 bits per heavy atom. The third kappa shape index (κ3) is 5.25.